The quantitative estimate of drug-likeness (QED) is 0.715. The largest absolute Gasteiger partial charge is 0.500 e. The van der Waals surface area contributed by atoms with Crippen molar-refractivity contribution in [2.75, 3.05) is 14.2 Å². The average Bonchev–Trinajstić information content (AvgIpc) is 2.95. The average molecular weight is 317 g/mol. The smallest absolute Gasteiger partial charge is 0.170 e. The number of Topliss-reactive ketones (excluding diaryl/α,β-unsaturated/α-hetero) is 1. The van der Waals surface area contributed by atoms with Crippen LogP contribution in [0.5, 0.6) is 5.75 Å². The van der Waals surface area contributed by atoms with Gasteiger partial charge in [-0.1, -0.05) is 12.1 Å². The van der Waals surface area contributed by atoms with E-state index < -0.39 is 5.79 Å². The van der Waals surface area contributed by atoms with Gasteiger partial charge in [-0.15, -0.1) is 0 Å². The fourth-order valence-corrected chi connectivity index (χ4v) is 3.82. The van der Waals surface area contributed by atoms with Crippen molar-refractivity contribution in [2.45, 2.75) is 25.0 Å². The maximum atomic E-state index is 13.0. The normalized spacial score (nSPS) is 24.1. The molecule has 0 spiro atoms. The number of hydrogen-bond donors (Lipinski definition) is 3. The van der Waals surface area contributed by atoms with Crippen molar-refractivity contribution < 1.29 is 14.3 Å². The number of nitrogens with two attached hydrogens (primary N) is 3. The number of rotatable bonds is 4. The molecule has 1 saturated carbocycles. The first-order chi connectivity index (χ1) is 10.9. The van der Waals surface area contributed by atoms with Gasteiger partial charge in [0.15, 0.2) is 5.78 Å². The predicted molar refractivity (Wildman–Crippen MR) is 87.0 cm³/mol. The number of fused-ring (bicyclic) bond motifs is 2. The van der Waals surface area contributed by atoms with Crippen molar-refractivity contribution in [3.8, 4) is 5.75 Å². The van der Waals surface area contributed by atoms with Crippen molar-refractivity contribution in [2.24, 2.45) is 29.0 Å². The molecule has 124 valence electrons. The van der Waals surface area contributed by atoms with Gasteiger partial charge in [-0.2, -0.15) is 0 Å². The summed E-state index contributed by atoms with van der Waals surface area (Å²) in [5.74, 6) is -0.0312. The number of ether oxygens (including phenoxy) is 2. The van der Waals surface area contributed by atoms with E-state index in [4.69, 9.17) is 26.7 Å². The molecule has 0 saturated heterocycles. The molecular formula is C17H23N3O3. The van der Waals surface area contributed by atoms with E-state index in [1.807, 2.05) is 0 Å². The third kappa shape index (κ3) is 2.52. The zero-order valence-corrected chi connectivity index (χ0v) is 13.5. The van der Waals surface area contributed by atoms with Crippen LogP contribution < -0.4 is 21.9 Å². The van der Waals surface area contributed by atoms with Gasteiger partial charge < -0.3 is 9.47 Å². The Balaban J connectivity index is 2.30. The van der Waals surface area contributed by atoms with Crippen LogP contribution in [0.4, 0.5) is 0 Å². The predicted octanol–water partition coefficient (Wildman–Crippen LogP) is 1.04. The van der Waals surface area contributed by atoms with Gasteiger partial charge in [0, 0.05) is 23.0 Å². The molecule has 2 atom stereocenters. The highest BCUT2D eigenvalue weighted by atomic mass is 16.5. The molecule has 2 unspecified atom stereocenters. The number of methoxy groups -OCH3 is 2. The first-order valence-corrected chi connectivity index (χ1v) is 7.75. The Morgan fingerprint density at radius 1 is 1.09 bits per heavy atom. The zero-order valence-electron chi connectivity index (χ0n) is 13.5. The standard InChI is InChI=1S/C17H23N3O3/c1-22-12-5-3-4-11(17(18,19)20)13(12)14-15(21)9-6-7-10(8-9)16(14)23-2/h3-5,9-10H,6-8,18-20H2,1-2H3. The molecule has 0 radical (unpaired) electrons. The van der Waals surface area contributed by atoms with Crippen LogP contribution in [0.1, 0.15) is 30.4 Å². The first-order valence-electron chi connectivity index (χ1n) is 7.75. The van der Waals surface area contributed by atoms with Gasteiger partial charge in [0.1, 0.15) is 17.3 Å². The second-order valence-corrected chi connectivity index (χ2v) is 6.33. The van der Waals surface area contributed by atoms with Crippen LogP contribution in [0.2, 0.25) is 0 Å². The monoisotopic (exact) mass is 317 g/mol. The number of carbonyl (C=O) groups excluding carboxylic acids is 1. The molecule has 0 aromatic heterocycles. The topological polar surface area (TPSA) is 114 Å². The van der Waals surface area contributed by atoms with Gasteiger partial charge >= 0.3 is 0 Å². The Morgan fingerprint density at radius 2 is 1.78 bits per heavy atom. The van der Waals surface area contributed by atoms with Gasteiger partial charge in [0.05, 0.1) is 19.8 Å². The highest BCUT2D eigenvalue weighted by Crippen LogP contribution is 2.48. The fraction of sp³-hybridized carbons (Fsp3) is 0.471. The first kappa shape index (κ1) is 16.0. The summed E-state index contributed by atoms with van der Waals surface area (Å²) in [6.45, 7) is 0. The lowest BCUT2D eigenvalue weighted by molar-refractivity contribution is -0.117. The second-order valence-electron chi connectivity index (χ2n) is 6.33. The van der Waals surface area contributed by atoms with Crippen molar-refractivity contribution in [3.05, 3.63) is 35.1 Å². The van der Waals surface area contributed by atoms with Gasteiger partial charge in [0.2, 0.25) is 0 Å². The zero-order chi connectivity index (χ0) is 16.8. The van der Waals surface area contributed by atoms with Crippen LogP contribution in [0.25, 0.3) is 5.57 Å². The molecule has 2 aliphatic carbocycles. The van der Waals surface area contributed by atoms with Crippen LogP contribution in [-0.2, 0) is 15.3 Å². The summed E-state index contributed by atoms with van der Waals surface area (Å²) >= 11 is 0. The molecule has 6 nitrogen and oxygen atoms in total. The lowest BCUT2D eigenvalue weighted by Crippen LogP contribution is -2.55. The maximum Gasteiger partial charge on any atom is 0.170 e. The minimum absolute atomic E-state index is 0.0226. The SMILES string of the molecule is COC1=C(c2c(OC)cccc2C(N)(N)N)C(=O)C2CCC1C2. The van der Waals surface area contributed by atoms with E-state index in [0.717, 1.165) is 19.3 Å². The number of carbonyl (C=O) groups is 1. The number of allylic oxidation sites excluding steroid dienone is 2. The Bertz CT molecular complexity index is 676. The number of benzene rings is 1. The summed E-state index contributed by atoms with van der Waals surface area (Å²) in [6.07, 6.45) is 2.67. The van der Waals surface area contributed by atoms with E-state index in [1.165, 1.54) is 0 Å². The molecule has 1 fully saturated rings. The summed E-state index contributed by atoms with van der Waals surface area (Å²) in [6, 6.07) is 5.25. The Hall–Kier alpha value is -1.89. The molecule has 6 heteroatoms. The maximum absolute atomic E-state index is 13.0. The molecule has 0 aliphatic heterocycles. The molecule has 1 aromatic carbocycles. The number of hydrogen-bond acceptors (Lipinski definition) is 6. The highest BCUT2D eigenvalue weighted by Gasteiger charge is 2.44. The summed E-state index contributed by atoms with van der Waals surface area (Å²) in [7, 11) is 3.14. The van der Waals surface area contributed by atoms with Gasteiger partial charge in [0.25, 0.3) is 0 Å². The van der Waals surface area contributed by atoms with Crippen LogP contribution in [0.3, 0.4) is 0 Å². The summed E-state index contributed by atoms with van der Waals surface area (Å²) in [5, 5.41) is 0. The molecule has 0 heterocycles. The van der Waals surface area contributed by atoms with E-state index >= 15 is 0 Å². The molecule has 2 aliphatic rings. The van der Waals surface area contributed by atoms with E-state index in [1.54, 1.807) is 32.4 Å². The van der Waals surface area contributed by atoms with Crippen LogP contribution >= 0.6 is 0 Å². The van der Waals surface area contributed by atoms with Crippen molar-refractivity contribution >= 4 is 11.4 Å². The molecule has 2 bridgehead atoms. The third-order valence-electron chi connectivity index (χ3n) is 4.85. The highest BCUT2D eigenvalue weighted by molar-refractivity contribution is 6.24. The van der Waals surface area contributed by atoms with Crippen LogP contribution in [0.15, 0.2) is 24.0 Å². The van der Waals surface area contributed by atoms with Gasteiger partial charge in [-0.05, 0) is 25.3 Å². The van der Waals surface area contributed by atoms with Crippen LogP contribution in [-0.4, -0.2) is 20.0 Å². The second kappa shape index (κ2) is 5.63. The lowest BCUT2D eigenvalue weighted by Gasteiger charge is -2.29. The molecule has 23 heavy (non-hydrogen) atoms. The lowest BCUT2D eigenvalue weighted by atomic mass is 9.80. The summed E-state index contributed by atoms with van der Waals surface area (Å²) < 4.78 is 11.1. The molecular weight excluding hydrogens is 294 g/mol. The Kier molecular flexibility index (Phi) is 3.91. The van der Waals surface area contributed by atoms with E-state index in [9.17, 15) is 4.79 Å². The fourth-order valence-electron chi connectivity index (χ4n) is 3.82. The minimum atomic E-state index is -1.58. The molecule has 0 amide bonds. The molecule has 6 N–H and O–H groups in total. The van der Waals surface area contributed by atoms with E-state index in [-0.39, 0.29) is 17.6 Å². The van der Waals surface area contributed by atoms with Crippen molar-refractivity contribution in [1.82, 2.24) is 0 Å². The van der Waals surface area contributed by atoms with Crippen molar-refractivity contribution in [3.63, 3.8) is 0 Å². The number of ketones is 1. The van der Waals surface area contributed by atoms with Crippen molar-refractivity contribution in [1.29, 1.82) is 0 Å². The van der Waals surface area contributed by atoms with Gasteiger partial charge in [-0.3, -0.25) is 22.0 Å². The third-order valence-corrected chi connectivity index (χ3v) is 4.85. The van der Waals surface area contributed by atoms with E-state index in [0.29, 0.717) is 28.2 Å². The minimum Gasteiger partial charge on any atom is -0.500 e. The molecule has 1 aromatic rings. The van der Waals surface area contributed by atoms with Crippen LogP contribution in [0, 0.1) is 11.8 Å². The molecule has 3 rings (SSSR count). The Morgan fingerprint density at radius 3 is 2.39 bits per heavy atom. The van der Waals surface area contributed by atoms with Gasteiger partial charge in [-0.25, -0.2) is 0 Å². The Labute approximate surface area is 135 Å². The summed E-state index contributed by atoms with van der Waals surface area (Å²) in [4.78, 5) is 13.0. The van der Waals surface area contributed by atoms with E-state index in [2.05, 4.69) is 0 Å². The summed E-state index contributed by atoms with van der Waals surface area (Å²) in [5.41, 5.74) is 19.3.